The molecule has 0 spiro atoms. The van der Waals surface area contributed by atoms with Gasteiger partial charge in [-0.2, -0.15) is 0 Å². The van der Waals surface area contributed by atoms with Crippen molar-refractivity contribution in [2.75, 3.05) is 0 Å². The fourth-order valence-corrected chi connectivity index (χ4v) is 0.205. The van der Waals surface area contributed by atoms with E-state index in [4.69, 9.17) is 0 Å². The maximum atomic E-state index is 3.56. The molecule has 1 aromatic rings. The van der Waals surface area contributed by atoms with Gasteiger partial charge in [0.15, 0.2) is 0 Å². The monoisotopic (exact) mass is 129 g/mol. The molecule has 0 aliphatic carbocycles. The van der Waals surface area contributed by atoms with Crippen LogP contribution in [0.1, 0.15) is 2.85 Å². The van der Waals surface area contributed by atoms with Crippen molar-refractivity contribution in [1.82, 2.24) is 15.0 Å². The first-order valence-corrected chi connectivity index (χ1v) is 1.55. The van der Waals surface area contributed by atoms with Gasteiger partial charge in [0.05, 0.1) is 0 Å². The molecule has 3 nitrogen and oxygen atoms in total. The van der Waals surface area contributed by atoms with E-state index >= 15 is 0 Å². The van der Waals surface area contributed by atoms with Gasteiger partial charge in [0.25, 0.3) is 0 Å². The van der Waals surface area contributed by atoms with Crippen molar-refractivity contribution >= 4 is 0 Å². The van der Waals surface area contributed by atoms with E-state index in [0.29, 0.717) is 0 Å². The van der Waals surface area contributed by atoms with Crippen LogP contribution in [0.4, 0.5) is 0 Å². The Bertz CT molecular complexity index is 91.7. The fraction of sp³-hybridized carbons (Fsp3) is 0. The Morgan fingerprint density at radius 2 is 1.00 bits per heavy atom. The average Bonchev–Trinajstić information content (AvgIpc) is 1.72. The van der Waals surface area contributed by atoms with Gasteiger partial charge in [0.2, 0.25) is 0 Å². The van der Waals surface area contributed by atoms with Crippen LogP contribution in [-0.2, 0) is 0 Å². The van der Waals surface area contributed by atoms with Gasteiger partial charge in [-0.3, -0.25) is 0 Å². The van der Waals surface area contributed by atoms with Gasteiger partial charge in [0, 0.05) is 0 Å². The van der Waals surface area contributed by atoms with Crippen molar-refractivity contribution < 1.29 is 62.0 Å². The van der Waals surface area contributed by atoms with Crippen LogP contribution in [0.2, 0.25) is 0 Å². The molecular weight excluding hydrogens is 124 g/mol. The molecule has 0 radical (unpaired) electrons. The third-order valence-corrected chi connectivity index (χ3v) is 0.400. The zero-order valence-electron chi connectivity index (χ0n) is 7.07. The fourth-order valence-electron chi connectivity index (χ4n) is 0.205. The van der Waals surface area contributed by atoms with Crippen LogP contribution in [0.5, 0.6) is 0 Å². The molecule has 0 aliphatic rings. The third kappa shape index (κ3) is 5.15. The first-order chi connectivity index (χ1) is 3.00. The van der Waals surface area contributed by atoms with E-state index in [1.807, 2.05) is 0 Å². The first-order valence-electron chi connectivity index (χ1n) is 1.55. The summed E-state index contributed by atoms with van der Waals surface area (Å²) < 4.78 is 0. The Labute approximate surface area is 94.9 Å². The molecule has 1 heterocycles. The second-order valence-electron chi connectivity index (χ2n) is 0.794. The van der Waals surface area contributed by atoms with Crippen molar-refractivity contribution in [2.24, 2.45) is 0 Å². The van der Waals surface area contributed by atoms with Crippen LogP contribution in [0.25, 0.3) is 0 Å². The third-order valence-electron chi connectivity index (χ3n) is 0.400. The molecule has 8 heavy (non-hydrogen) atoms. The second-order valence-corrected chi connectivity index (χ2v) is 0.794. The Hall–Kier alpha value is 1.01. The molecule has 0 amide bonds. The first kappa shape index (κ1) is 11.8. The minimum atomic E-state index is 0. The SMILES string of the molecule is [H-].[H-].[Na+].[Na+].c1ncncn1. The molecule has 0 aromatic carbocycles. The predicted molar refractivity (Wildman–Crippen MR) is 22.1 cm³/mol. The normalized spacial score (nSPS) is 6.00. The van der Waals surface area contributed by atoms with Gasteiger partial charge in [-0.05, 0) is 0 Å². The van der Waals surface area contributed by atoms with Crippen molar-refractivity contribution in [3.63, 3.8) is 0 Å². The molecule has 0 aliphatic heterocycles. The van der Waals surface area contributed by atoms with Crippen LogP contribution in [0.15, 0.2) is 19.0 Å². The molecule has 0 saturated heterocycles. The number of aromatic nitrogens is 3. The smallest absolute Gasteiger partial charge is 1.00 e. The van der Waals surface area contributed by atoms with E-state index in [0.717, 1.165) is 0 Å². The number of nitrogens with zero attached hydrogens (tertiary/aromatic N) is 3. The largest absolute Gasteiger partial charge is 1.00 e. The zero-order valence-corrected chi connectivity index (χ0v) is 9.07. The van der Waals surface area contributed by atoms with Gasteiger partial charge >= 0.3 is 59.1 Å². The standard InChI is InChI=1S/C3H3N3.2Na.2H/c1-4-2-6-3-5-1;;;;/h1-3H;;;;/q;2*+1;2*-1. The molecule has 0 fully saturated rings. The summed E-state index contributed by atoms with van der Waals surface area (Å²) in [5.74, 6) is 0. The molecule has 1 aromatic heterocycles. The summed E-state index contributed by atoms with van der Waals surface area (Å²) in [6, 6.07) is 0. The topological polar surface area (TPSA) is 38.7 Å². The molecule has 34 valence electrons. The maximum Gasteiger partial charge on any atom is 1.00 e. The summed E-state index contributed by atoms with van der Waals surface area (Å²) >= 11 is 0. The van der Waals surface area contributed by atoms with E-state index in [2.05, 4.69) is 15.0 Å². The van der Waals surface area contributed by atoms with E-state index < -0.39 is 0 Å². The summed E-state index contributed by atoms with van der Waals surface area (Å²) in [6.45, 7) is 0. The van der Waals surface area contributed by atoms with Crippen LogP contribution in [0.3, 0.4) is 0 Å². The van der Waals surface area contributed by atoms with E-state index in [1.54, 1.807) is 0 Å². The molecule has 0 bridgehead atoms. The minimum Gasteiger partial charge on any atom is -1.00 e. The van der Waals surface area contributed by atoms with E-state index in [9.17, 15) is 0 Å². The van der Waals surface area contributed by atoms with Crippen molar-refractivity contribution in [1.29, 1.82) is 0 Å². The summed E-state index contributed by atoms with van der Waals surface area (Å²) in [5, 5.41) is 0. The number of hydrogen-bond acceptors (Lipinski definition) is 3. The Morgan fingerprint density at radius 1 is 0.750 bits per heavy atom. The van der Waals surface area contributed by atoms with Gasteiger partial charge in [-0.15, -0.1) is 0 Å². The summed E-state index contributed by atoms with van der Waals surface area (Å²) in [6.07, 6.45) is 4.31. The summed E-state index contributed by atoms with van der Waals surface area (Å²) in [4.78, 5) is 10.7. The van der Waals surface area contributed by atoms with Gasteiger partial charge < -0.3 is 2.85 Å². The minimum absolute atomic E-state index is 0. The zero-order chi connectivity index (χ0) is 4.24. The van der Waals surface area contributed by atoms with E-state index in [1.165, 1.54) is 19.0 Å². The quantitative estimate of drug-likeness (QED) is 0.327. The molecule has 0 atom stereocenters. The molecular formula is C3H5N3Na2. The van der Waals surface area contributed by atoms with Crippen LogP contribution < -0.4 is 59.1 Å². The molecule has 1 rings (SSSR count). The molecule has 5 heteroatoms. The van der Waals surface area contributed by atoms with Crippen molar-refractivity contribution in [3.8, 4) is 0 Å². The summed E-state index contributed by atoms with van der Waals surface area (Å²) in [5.41, 5.74) is 0. The van der Waals surface area contributed by atoms with Crippen LogP contribution in [-0.4, -0.2) is 15.0 Å². The van der Waals surface area contributed by atoms with Crippen LogP contribution in [0, 0.1) is 0 Å². The Balaban J connectivity index is -0.0000000450. The Kier molecular flexibility index (Phi) is 11.8. The average molecular weight is 129 g/mol. The molecule has 0 unspecified atom stereocenters. The van der Waals surface area contributed by atoms with Gasteiger partial charge in [0.1, 0.15) is 19.0 Å². The molecule has 0 saturated carbocycles. The van der Waals surface area contributed by atoms with Crippen LogP contribution >= 0.6 is 0 Å². The van der Waals surface area contributed by atoms with Crippen molar-refractivity contribution in [3.05, 3.63) is 19.0 Å². The predicted octanol–water partition coefficient (Wildman–Crippen LogP) is -5.90. The van der Waals surface area contributed by atoms with E-state index in [-0.39, 0.29) is 62.0 Å². The van der Waals surface area contributed by atoms with Gasteiger partial charge in [-0.25, -0.2) is 15.0 Å². The summed E-state index contributed by atoms with van der Waals surface area (Å²) in [7, 11) is 0. The van der Waals surface area contributed by atoms with Crippen molar-refractivity contribution in [2.45, 2.75) is 0 Å². The molecule has 0 N–H and O–H groups in total. The maximum absolute atomic E-state index is 3.56. The number of hydrogen-bond donors (Lipinski definition) is 0. The Morgan fingerprint density at radius 3 is 1.12 bits per heavy atom. The number of rotatable bonds is 0. The van der Waals surface area contributed by atoms with Gasteiger partial charge in [-0.1, -0.05) is 0 Å². The second kappa shape index (κ2) is 8.01.